The Morgan fingerprint density at radius 1 is 1.29 bits per heavy atom. The van der Waals surface area contributed by atoms with Crippen molar-refractivity contribution in [2.24, 2.45) is 0 Å². The van der Waals surface area contributed by atoms with Crippen LogP contribution in [0.5, 0.6) is 0 Å². The number of nitrogens with zero attached hydrogens (tertiary/aromatic N) is 3. The Morgan fingerprint density at radius 2 is 2.04 bits per heavy atom. The van der Waals surface area contributed by atoms with E-state index in [9.17, 15) is 9.59 Å². The van der Waals surface area contributed by atoms with Gasteiger partial charge in [0.25, 0.3) is 0 Å². The van der Waals surface area contributed by atoms with Crippen molar-refractivity contribution in [3.63, 3.8) is 0 Å². The molecule has 3 rings (SSSR count). The molecule has 0 atom stereocenters. The highest BCUT2D eigenvalue weighted by atomic mass is 16.5. The van der Waals surface area contributed by atoms with E-state index >= 15 is 0 Å². The first kappa shape index (κ1) is 16.6. The van der Waals surface area contributed by atoms with Crippen molar-refractivity contribution in [1.29, 1.82) is 0 Å². The number of hydrogen-bond acceptors (Lipinski definition) is 4. The van der Waals surface area contributed by atoms with Gasteiger partial charge in [0.2, 0.25) is 11.3 Å². The number of piperidine rings is 1. The maximum atomic E-state index is 12.4. The third kappa shape index (κ3) is 3.64. The minimum atomic E-state index is -0.0915. The summed E-state index contributed by atoms with van der Waals surface area (Å²) >= 11 is 0. The average molecular weight is 329 g/mol. The largest absolute Gasteiger partial charge is 0.378 e. The smallest absolute Gasteiger partial charge is 0.224 e. The Balaban J connectivity index is 1.61. The summed E-state index contributed by atoms with van der Waals surface area (Å²) in [7, 11) is 0. The summed E-state index contributed by atoms with van der Waals surface area (Å²) < 4.78 is 7.36. The van der Waals surface area contributed by atoms with Crippen molar-refractivity contribution in [3.05, 3.63) is 40.7 Å². The third-order valence-corrected chi connectivity index (χ3v) is 4.50. The Hall–Kier alpha value is -2.21. The van der Waals surface area contributed by atoms with Crippen LogP contribution in [0.3, 0.4) is 0 Å². The molecule has 2 aromatic rings. The van der Waals surface area contributed by atoms with Crippen LogP contribution in [-0.2, 0) is 16.1 Å². The molecule has 0 unspecified atom stereocenters. The van der Waals surface area contributed by atoms with Gasteiger partial charge < -0.3 is 9.64 Å². The first-order valence-electron chi connectivity index (χ1n) is 8.53. The molecule has 0 spiro atoms. The zero-order valence-electron chi connectivity index (χ0n) is 14.0. The summed E-state index contributed by atoms with van der Waals surface area (Å²) in [6.07, 6.45) is 3.79. The molecule has 1 aromatic heterocycles. The second kappa shape index (κ2) is 7.57. The number of para-hydroxylation sites is 1. The zero-order valence-corrected chi connectivity index (χ0v) is 14.0. The number of carbonyl (C=O) groups is 1. The first-order chi connectivity index (χ1) is 11.7. The topological polar surface area (TPSA) is 64.4 Å². The summed E-state index contributed by atoms with van der Waals surface area (Å²) in [5, 5.41) is 4.81. The van der Waals surface area contributed by atoms with Crippen LogP contribution in [0.1, 0.15) is 26.2 Å². The van der Waals surface area contributed by atoms with Crippen molar-refractivity contribution < 1.29 is 9.53 Å². The van der Waals surface area contributed by atoms with Crippen LogP contribution in [0.25, 0.3) is 10.9 Å². The molecule has 1 aromatic carbocycles. The van der Waals surface area contributed by atoms with Crippen LogP contribution in [0, 0.1) is 0 Å². The van der Waals surface area contributed by atoms with E-state index in [1.54, 1.807) is 10.7 Å². The fourth-order valence-corrected chi connectivity index (χ4v) is 3.21. The second-order valence-corrected chi connectivity index (χ2v) is 6.03. The van der Waals surface area contributed by atoms with Crippen LogP contribution in [-0.4, -0.2) is 46.4 Å². The fraction of sp³-hybridized carbons (Fsp3) is 0.500. The molecule has 128 valence electrons. The Bertz CT molecular complexity index is 763. The molecule has 6 heteroatoms. The van der Waals surface area contributed by atoms with Gasteiger partial charge in [-0.2, -0.15) is 5.10 Å². The van der Waals surface area contributed by atoms with E-state index in [-0.39, 0.29) is 17.4 Å². The maximum Gasteiger partial charge on any atom is 0.224 e. The van der Waals surface area contributed by atoms with Crippen LogP contribution in [0.2, 0.25) is 0 Å². The summed E-state index contributed by atoms with van der Waals surface area (Å²) in [6, 6.07) is 7.36. The van der Waals surface area contributed by atoms with Crippen molar-refractivity contribution >= 4 is 16.8 Å². The van der Waals surface area contributed by atoms with Gasteiger partial charge in [0.1, 0.15) is 0 Å². The van der Waals surface area contributed by atoms with Gasteiger partial charge in [0.15, 0.2) is 0 Å². The number of fused-ring (bicyclic) bond motifs is 1. The molecule has 0 saturated carbocycles. The number of rotatable bonds is 5. The highest BCUT2D eigenvalue weighted by Gasteiger charge is 2.22. The molecule has 1 aliphatic heterocycles. The van der Waals surface area contributed by atoms with E-state index < -0.39 is 0 Å². The maximum absolute atomic E-state index is 12.4. The number of aryl methyl sites for hydroxylation is 1. The highest BCUT2D eigenvalue weighted by Crippen LogP contribution is 2.15. The van der Waals surface area contributed by atoms with E-state index in [1.165, 1.54) is 6.20 Å². The van der Waals surface area contributed by atoms with E-state index in [2.05, 4.69) is 5.10 Å². The van der Waals surface area contributed by atoms with Crippen molar-refractivity contribution in [1.82, 2.24) is 14.7 Å². The number of likely N-dealkylation sites (tertiary alicyclic amines) is 1. The number of hydrogen-bond donors (Lipinski definition) is 0. The molecule has 0 bridgehead atoms. The Labute approximate surface area is 141 Å². The van der Waals surface area contributed by atoms with Gasteiger partial charge in [-0.15, -0.1) is 0 Å². The minimum Gasteiger partial charge on any atom is -0.378 e. The molecule has 1 aliphatic rings. The van der Waals surface area contributed by atoms with E-state index in [4.69, 9.17) is 4.74 Å². The summed E-state index contributed by atoms with van der Waals surface area (Å²) in [5.41, 5.74) is 0.680. The summed E-state index contributed by atoms with van der Waals surface area (Å²) in [4.78, 5) is 26.2. The van der Waals surface area contributed by atoms with Gasteiger partial charge in [-0.1, -0.05) is 12.1 Å². The van der Waals surface area contributed by atoms with Crippen molar-refractivity contribution in [2.75, 3.05) is 19.7 Å². The molecule has 1 amide bonds. The quantitative estimate of drug-likeness (QED) is 0.839. The van der Waals surface area contributed by atoms with Crippen LogP contribution in [0.4, 0.5) is 0 Å². The third-order valence-electron chi connectivity index (χ3n) is 4.50. The SMILES string of the molecule is CCOC1CCN(C(=O)CCn2ncc(=O)c3ccccc32)CC1. The Kier molecular flexibility index (Phi) is 5.25. The monoisotopic (exact) mass is 329 g/mol. The minimum absolute atomic E-state index is 0.0915. The number of carbonyl (C=O) groups excluding carboxylic acids is 1. The van der Waals surface area contributed by atoms with Gasteiger partial charge in [-0.3, -0.25) is 14.3 Å². The lowest BCUT2D eigenvalue weighted by Crippen LogP contribution is -2.41. The lowest BCUT2D eigenvalue weighted by atomic mass is 10.1. The first-order valence-corrected chi connectivity index (χ1v) is 8.53. The molecule has 0 radical (unpaired) electrons. The number of amides is 1. The van der Waals surface area contributed by atoms with Gasteiger partial charge in [-0.25, -0.2) is 0 Å². The molecule has 24 heavy (non-hydrogen) atoms. The lowest BCUT2D eigenvalue weighted by Gasteiger charge is -2.31. The molecular formula is C18H23N3O3. The van der Waals surface area contributed by atoms with E-state index in [0.717, 1.165) is 38.1 Å². The summed E-state index contributed by atoms with van der Waals surface area (Å²) in [6.45, 7) is 4.71. The van der Waals surface area contributed by atoms with Crippen LogP contribution >= 0.6 is 0 Å². The number of benzene rings is 1. The molecule has 2 heterocycles. The number of ether oxygens (including phenoxy) is 1. The predicted octanol–water partition coefficient (Wildman–Crippen LogP) is 1.81. The van der Waals surface area contributed by atoms with Gasteiger partial charge in [-0.05, 0) is 31.9 Å². The van der Waals surface area contributed by atoms with E-state index in [1.807, 2.05) is 30.0 Å². The molecule has 1 fully saturated rings. The Morgan fingerprint density at radius 3 is 2.79 bits per heavy atom. The highest BCUT2D eigenvalue weighted by molar-refractivity contribution is 5.79. The average Bonchev–Trinajstić information content (AvgIpc) is 2.62. The van der Waals surface area contributed by atoms with Crippen LogP contribution in [0.15, 0.2) is 35.3 Å². The van der Waals surface area contributed by atoms with Crippen molar-refractivity contribution in [3.8, 4) is 0 Å². The van der Waals surface area contributed by atoms with Gasteiger partial charge in [0.05, 0.1) is 24.4 Å². The van der Waals surface area contributed by atoms with Crippen molar-refractivity contribution in [2.45, 2.75) is 38.8 Å². The number of aromatic nitrogens is 2. The molecule has 0 aliphatic carbocycles. The van der Waals surface area contributed by atoms with Crippen LogP contribution < -0.4 is 5.43 Å². The van der Waals surface area contributed by atoms with E-state index in [0.29, 0.717) is 18.4 Å². The van der Waals surface area contributed by atoms with Gasteiger partial charge in [0, 0.05) is 31.5 Å². The molecule has 0 N–H and O–H groups in total. The molecular weight excluding hydrogens is 306 g/mol. The lowest BCUT2D eigenvalue weighted by molar-refractivity contribution is -0.134. The summed E-state index contributed by atoms with van der Waals surface area (Å²) in [5.74, 6) is 0.134. The second-order valence-electron chi connectivity index (χ2n) is 6.03. The normalized spacial score (nSPS) is 15.8. The fourth-order valence-electron chi connectivity index (χ4n) is 3.21. The molecule has 1 saturated heterocycles. The van der Waals surface area contributed by atoms with Gasteiger partial charge >= 0.3 is 0 Å². The standard InChI is InChI=1S/C18H23N3O3/c1-2-24-14-7-10-20(11-8-14)18(23)9-12-21-16-6-4-3-5-15(16)17(22)13-19-21/h3-6,13-14H,2,7-12H2,1H3. The predicted molar refractivity (Wildman–Crippen MR) is 91.8 cm³/mol. The zero-order chi connectivity index (χ0) is 16.9. The molecule has 6 nitrogen and oxygen atoms in total.